The molecule has 0 aromatic carbocycles. The maximum Gasteiger partial charge on any atom is 0.288 e. The number of rotatable bonds is 6. The Balaban J connectivity index is 1.38. The summed E-state index contributed by atoms with van der Waals surface area (Å²) in [6, 6.07) is 0. The lowest BCUT2D eigenvalue weighted by Gasteiger charge is -2.33. The van der Waals surface area contributed by atoms with Gasteiger partial charge in [-0.2, -0.15) is 0 Å². The molecule has 0 bridgehead atoms. The van der Waals surface area contributed by atoms with Crippen molar-refractivity contribution in [1.82, 2.24) is 19.8 Å². The lowest BCUT2D eigenvalue weighted by Crippen LogP contribution is -2.37. The molecule has 1 unspecified atom stereocenters. The second-order valence-corrected chi connectivity index (χ2v) is 11.4. The molecule has 3 heterocycles. The first kappa shape index (κ1) is 23.0. The van der Waals surface area contributed by atoms with Crippen LogP contribution in [-0.4, -0.2) is 50.3 Å². The number of thioether (sulfide) groups is 1. The Bertz CT molecular complexity index is 1120. The fourth-order valence-electron chi connectivity index (χ4n) is 4.31. The topological polar surface area (TPSA) is 101 Å². The van der Waals surface area contributed by atoms with Gasteiger partial charge >= 0.3 is 0 Å². The second-order valence-electron chi connectivity index (χ2n) is 9.43. The monoisotopic (exact) mass is 476 g/mol. The third-order valence-corrected chi connectivity index (χ3v) is 8.36. The quantitative estimate of drug-likeness (QED) is 0.688. The molecule has 10 heteroatoms. The number of fused-ring (bicyclic) bond motifs is 3. The van der Waals surface area contributed by atoms with Crippen LogP contribution in [0.3, 0.4) is 0 Å². The first-order chi connectivity index (χ1) is 15.1. The fraction of sp³-hybridized carbons (Fsp3) is 0.591. The van der Waals surface area contributed by atoms with Crippen LogP contribution in [0.2, 0.25) is 0 Å². The van der Waals surface area contributed by atoms with E-state index in [1.165, 1.54) is 15.8 Å². The minimum atomic E-state index is -0.275. The molecule has 1 fully saturated rings. The van der Waals surface area contributed by atoms with Crippen molar-refractivity contribution >= 4 is 50.4 Å². The number of aromatic nitrogens is 2. The summed E-state index contributed by atoms with van der Waals surface area (Å²) < 4.78 is 1.51. The largest absolute Gasteiger partial charge is 0.354 e. The fourth-order valence-corrected chi connectivity index (χ4v) is 6.32. The van der Waals surface area contributed by atoms with E-state index >= 15 is 0 Å². The number of carbonyl (C=O) groups excluding carboxylic acids is 3. The predicted molar refractivity (Wildman–Crippen MR) is 126 cm³/mol. The van der Waals surface area contributed by atoms with E-state index in [1.54, 1.807) is 11.3 Å². The number of amides is 3. The maximum atomic E-state index is 13.1. The molecular weight excluding hydrogens is 448 g/mol. The van der Waals surface area contributed by atoms with E-state index in [2.05, 4.69) is 31.1 Å². The zero-order chi connectivity index (χ0) is 23.0. The van der Waals surface area contributed by atoms with Crippen LogP contribution in [0.4, 0.5) is 4.79 Å². The number of thiophene rings is 1. The van der Waals surface area contributed by atoms with Gasteiger partial charge in [-0.15, -0.1) is 11.3 Å². The van der Waals surface area contributed by atoms with Crippen molar-refractivity contribution in [2.75, 3.05) is 18.8 Å². The Kier molecular flexibility index (Phi) is 6.44. The molecule has 2 aliphatic rings. The van der Waals surface area contributed by atoms with Gasteiger partial charge in [0.2, 0.25) is 11.8 Å². The first-order valence-electron chi connectivity index (χ1n) is 10.9. The molecule has 1 atom stereocenters. The third kappa shape index (κ3) is 4.61. The standard InChI is InChI=1S/C22H28N4O4S2/c1-22(2,3)13-4-5-14-15(10-13)32-19-18(14)20(29)25(12-24-19)8-6-16(27)23-7-9-26-17(28)11-31-21(26)30/h12-13H,4-11H2,1-3H3,(H,23,27). The van der Waals surface area contributed by atoms with Crippen molar-refractivity contribution in [2.24, 2.45) is 11.3 Å². The summed E-state index contributed by atoms with van der Waals surface area (Å²) in [7, 11) is 0. The van der Waals surface area contributed by atoms with E-state index in [1.807, 2.05) is 0 Å². The Morgan fingerprint density at radius 2 is 2.03 bits per heavy atom. The lowest BCUT2D eigenvalue weighted by atomic mass is 9.72. The van der Waals surface area contributed by atoms with Crippen LogP contribution in [0, 0.1) is 11.3 Å². The van der Waals surface area contributed by atoms with Crippen molar-refractivity contribution < 1.29 is 14.4 Å². The molecule has 2 aromatic heterocycles. The first-order valence-corrected chi connectivity index (χ1v) is 12.7. The van der Waals surface area contributed by atoms with Crippen molar-refractivity contribution in [3.63, 3.8) is 0 Å². The van der Waals surface area contributed by atoms with E-state index in [4.69, 9.17) is 0 Å². The van der Waals surface area contributed by atoms with Crippen LogP contribution in [-0.2, 0) is 29.0 Å². The molecule has 0 spiro atoms. The van der Waals surface area contributed by atoms with E-state index in [9.17, 15) is 19.2 Å². The number of hydrogen-bond acceptors (Lipinski definition) is 7. The summed E-state index contributed by atoms with van der Waals surface area (Å²) in [6.45, 7) is 7.42. The number of nitrogens with one attached hydrogen (secondary N) is 1. The van der Waals surface area contributed by atoms with Crippen molar-refractivity contribution in [1.29, 1.82) is 0 Å². The molecule has 1 aliphatic carbocycles. The lowest BCUT2D eigenvalue weighted by molar-refractivity contribution is -0.125. The van der Waals surface area contributed by atoms with E-state index in [0.29, 0.717) is 11.3 Å². The molecule has 4 rings (SSSR count). The Hall–Kier alpha value is -2.20. The summed E-state index contributed by atoms with van der Waals surface area (Å²) in [5.41, 5.74) is 1.29. The molecule has 1 aliphatic heterocycles. The van der Waals surface area contributed by atoms with Crippen LogP contribution in [0.25, 0.3) is 10.2 Å². The van der Waals surface area contributed by atoms with Crippen molar-refractivity contribution in [3.8, 4) is 0 Å². The average Bonchev–Trinajstić information content (AvgIpc) is 3.27. The molecule has 32 heavy (non-hydrogen) atoms. The number of nitrogens with zero attached hydrogens (tertiary/aromatic N) is 3. The van der Waals surface area contributed by atoms with Crippen molar-refractivity contribution in [2.45, 2.75) is 53.0 Å². The number of aryl methyl sites for hydroxylation is 2. The molecule has 0 radical (unpaired) electrons. The SMILES string of the molecule is CC(C)(C)C1CCc2c(sc3ncn(CCC(=O)NCCN4C(=O)CSC4=O)c(=O)c23)C1. The molecule has 2 aromatic rings. The zero-order valence-corrected chi connectivity index (χ0v) is 20.2. The Morgan fingerprint density at radius 3 is 2.72 bits per heavy atom. The smallest absolute Gasteiger partial charge is 0.288 e. The highest BCUT2D eigenvalue weighted by Gasteiger charge is 2.32. The highest BCUT2D eigenvalue weighted by atomic mass is 32.2. The summed E-state index contributed by atoms with van der Waals surface area (Å²) >= 11 is 2.60. The second kappa shape index (κ2) is 8.97. The Labute approximate surface area is 194 Å². The van der Waals surface area contributed by atoms with E-state index < -0.39 is 0 Å². The highest BCUT2D eigenvalue weighted by Crippen LogP contribution is 2.41. The van der Waals surface area contributed by atoms with Gasteiger partial charge in [-0.25, -0.2) is 4.98 Å². The highest BCUT2D eigenvalue weighted by molar-refractivity contribution is 8.14. The molecule has 1 saturated heterocycles. The van der Waals surface area contributed by atoms with Gasteiger partial charge in [0.15, 0.2) is 0 Å². The molecule has 0 saturated carbocycles. The van der Waals surface area contributed by atoms with Crippen LogP contribution in [0.15, 0.2) is 11.1 Å². The van der Waals surface area contributed by atoms with Gasteiger partial charge in [0.1, 0.15) is 4.83 Å². The maximum absolute atomic E-state index is 13.1. The van der Waals surface area contributed by atoms with Gasteiger partial charge < -0.3 is 5.32 Å². The zero-order valence-electron chi connectivity index (χ0n) is 18.6. The van der Waals surface area contributed by atoms with Gasteiger partial charge in [0.05, 0.1) is 17.5 Å². The van der Waals surface area contributed by atoms with E-state index in [0.717, 1.165) is 46.3 Å². The van der Waals surface area contributed by atoms with Gasteiger partial charge in [0.25, 0.3) is 10.8 Å². The number of hydrogen-bond donors (Lipinski definition) is 1. The van der Waals surface area contributed by atoms with Gasteiger partial charge in [0, 0.05) is 30.9 Å². The minimum Gasteiger partial charge on any atom is -0.354 e. The van der Waals surface area contributed by atoms with Gasteiger partial charge in [-0.1, -0.05) is 32.5 Å². The number of carbonyl (C=O) groups is 3. The van der Waals surface area contributed by atoms with Crippen LogP contribution in [0.5, 0.6) is 0 Å². The molecule has 8 nitrogen and oxygen atoms in total. The number of imide groups is 1. The summed E-state index contributed by atoms with van der Waals surface area (Å²) in [5.74, 6) is 0.296. The molecular formula is C22H28N4O4S2. The predicted octanol–water partition coefficient (Wildman–Crippen LogP) is 2.81. The summed E-state index contributed by atoms with van der Waals surface area (Å²) in [5, 5.41) is 3.15. The van der Waals surface area contributed by atoms with Crippen molar-refractivity contribution in [3.05, 3.63) is 27.1 Å². The van der Waals surface area contributed by atoms with E-state index in [-0.39, 0.29) is 59.8 Å². The van der Waals surface area contributed by atoms with Crippen LogP contribution >= 0.6 is 23.1 Å². The minimum absolute atomic E-state index is 0.0835. The average molecular weight is 477 g/mol. The normalized spacial score (nSPS) is 19.0. The molecule has 172 valence electrons. The molecule has 1 N–H and O–H groups in total. The van der Waals surface area contributed by atoms with Gasteiger partial charge in [-0.3, -0.25) is 28.6 Å². The Morgan fingerprint density at radius 1 is 1.25 bits per heavy atom. The van der Waals surface area contributed by atoms with Crippen LogP contribution in [0.1, 0.15) is 44.1 Å². The van der Waals surface area contributed by atoms with Gasteiger partial charge in [-0.05, 0) is 36.2 Å². The van der Waals surface area contributed by atoms with Crippen LogP contribution < -0.4 is 10.9 Å². The summed E-state index contributed by atoms with van der Waals surface area (Å²) in [4.78, 5) is 56.2. The molecule has 3 amide bonds. The third-order valence-electron chi connectivity index (χ3n) is 6.34. The summed E-state index contributed by atoms with van der Waals surface area (Å²) in [6.07, 6.45) is 4.61.